The van der Waals surface area contributed by atoms with Crippen molar-refractivity contribution in [3.63, 3.8) is 0 Å². The lowest BCUT2D eigenvalue weighted by molar-refractivity contribution is -0.117. The van der Waals surface area contributed by atoms with Gasteiger partial charge >= 0.3 is 0 Å². The van der Waals surface area contributed by atoms with Crippen LogP contribution >= 0.6 is 0 Å². The number of carbonyl (C=O) groups excluding carboxylic acids is 1. The van der Waals surface area contributed by atoms with E-state index < -0.39 is 10.0 Å². The third-order valence-corrected chi connectivity index (χ3v) is 5.41. The number of aryl methyl sites for hydroxylation is 3. The number of benzene rings is 2. The predicted molar refractivity (Wildman–Crippen MR) is 107 cm³/mol. The van der Waals surface area contributed by atoms with Gasteiger partial charge in [0, 0.05) is 12.2 Å². The van der Waals surface area contributed by atoms with Crippen molar-refractivity contribution in [3.8, 4) is 0 Å². The number of nitrogens with zero attached hydrogens (tertiary/aromatic N) is 2. The van der Waals surface area contributed by atoms with Crippen LogP contribution in [0.3, 0.4) is 0 Å². The smallest absolute Gasteiger partial charge is 0.247 e. The Morgan fingerprint density at radius 3 is 2.08 bits per heavy atom. The molecule has 2 rings (SSSR count). The molecule has 0 atom stereocenters. The van der Waals surface area contributed by atoms with Gasteiger partial charge in [-0.1, -0.05) is 30.3 Å². The Morgan fingerprint density at radius 1 is 1.00 bits per heavy atom. The Hall–Kier alpha value is -2.34. The number of likely N-dealkylation sites (N-methyl/N-ethyl adjacent to an activating group) is 1. The molecule has 2 aromatic rings. The van der Waals surface area contributed by atoms with E-state index in [0.29, 0.717) is 12.2 Å². The van der Waals surface area contributed by atoms with E-state index in [0.717, 1.165) is 28.6 Å². The van der Waals surface area contributed by atoms with E-state index in [1.165, 1.54) is 4.31 Å². The van der Waals surface area contributed by atoms with Gasteiger partial charge in [0.1, 0.15) is 6.54 Å². The molecule has 5 nitrogen and oxygen atoms in total. The molecule has 0 aliphatic rings. The summed E-state index contributed by atoms with van der Waals surface area (Å²) in [6.45, 7) is 7.77. The van der Waals surface area contributed by atoms with Crippen molar-refractivity contribution in [3.05, 3.63) is 59.2 Å². The van der Waals surface area contributed by atoms with E-state index in [9.17, 15) is 13.2 Å². The maximum absolute atomic E-state index is 13.0. The molecule has 0 bridgehead atoms. The molecular formula is C20H26N2O3S. The summed E-state index contributed by atoms with van der Waals surface area (Å²) in [5.74, 6) is -0.258. The van der Waals surface area contributed by atoms with E-state index in [-0.39, 0.29) is 12.5 Å². The second-order valence-corrected chi connectivity index (χ2v) is 8.39. The van der Waals surface area contributed by atoms with Gasteiger partial charge in [0.05, 0.1) is 11.9 Å². The number of hydrogen-bond acceptors (Lipinski definition) is 3. The van der Waals surface area contributed by atoms with E-state index in [2.05, 4.69) is 0 Å². The Kier molecular flexibility index (Phi) is 6.08. The summed E-state index contributed by atoms with van der Waals surface area (Å²) >= 11 is 0. The summed E-state index contributed by atoms with van der Waals surface area (Å²) < 4.78 is 26.1. The number of carbonyl (C=O) groups is 1. The van der Waals surface area contributed by atoms with Gasteiger partial charge < -0.3 is 4.90 Å². The molecule has 0 aliphatic carbocycles. The maximum Gasteiger partial charge on any atom is 0.247 e. The summed E-state index contributed by atoms with van der Waals surface area (Å²) in [4.78, 5) is 14.6. The average Bonchev–Trinajstić information content (AvgIpc) is 2.53. The van der Waals surface area contributed by atoms with E-state index in [1.54, 1.807) is 4.90 Å². The number of rotatable bonds is 6. The van der Waals surface area contributed by atoms with Crippen molar-refractivity contribution in [2.45, 2.75) is 27.7 Å². The van der Waals surface area contributed by atoms with Gasteiger partial charge in [0.25, 0.3) is 0 Å². The van der Waals surface area contributed by atoms with E-state index in [1.807, 2.05) is 70.2 Å². The third-order valence-electron chi connectivity index (χ3n) is 4.30. The standard InChI is InChI=1S/C20H26N2O3S/c1-6-21(18-12-7-9-15(2)13-18)19(23)14-22(26(5,24)25)20-16(3)10-8-11-17(20)4/h7-13H,6,14H2,1-5H3. The fourth-order valence-electron chi connectivity index (χ4n) is 3.07. The topological polar surface area (TPSA) is 57.7 Å². The van der Waals surface area contributed by atoms with Gasteiger partial charge in [-0.3, -0.25) is 9.10 Å². The third kappa shape index (κ3) is 4.43. The summed E-state index contributed by atoms with van der Waals surface area (Å²) in [7, 11) is -3.60. The molecule has 140 valence electrons. The van der Waals surface area contributed by atoms with Crippen LogP contribution in [-0.2, 0) is 14.8 Å². The second-order valence-electron chi connectivity index (χ2n) is 6.49. The molecule has 0 heterocycles. The van der Waals surface area contributed by atoms with Crippen molar-refractivity contribution in [2.24, 2.45) is 0 Å². The maximum atomic E-state index is 13.0. The van der Waals surface area contributed by atoms with Gasteiger partial charge in [0.15, 0.2) is 0 Å². The molecule has 0 radical (unpaired) electrons. The van der Waals surface area contributed by atoms with Crippen LogP contribution in [0.15, 0.2) is 42.5 Å². The first-order chi connectivity index (χ1) is 12.1. The van der Waals surface area contributed by atoms with Crippen molar-refractivity contribution in [2.75, 3.05) is 28.6 Å². The first kappa shape index (κ1) is 20.0. The van der Waals surface area contributed by atoms with Crippen LogP contribution in [0.25, 0.3) is 0 Å². The lowest BCUT2D eigenvalue weighted by Crippen LogP contribution is -2.43. The molecule has 0 fully saturated rings. The fraction of sp³-hybridized carbons (Fsp3) is 0.350. The van der Waals surface area contributed by atoms with E-state index in [4.69, 9.17) is 0 Å². The number of anilines is 2. The Morgan fingerprint density at radius 2 is 1.58 bits per heavy atom. The molecular weight excluding hydrogens is 348 g/mol. The van der Waals surface area contributed by atoms with Crippen LogP contribution < -0.4 is 9.21 Å². The van der Waals surface area contributed by atoms with Crippen molar-refractivity contribution in [1.29, 1.82) is 0 Å². The minimum absolute atomic E-state index is 0.230. The number of amides is 1. The normalized spacial score (nSPS) is 11.3. The Balaban J connectivity index is 2.41. The van der Waals surface area contributed by atoms with Crippen LogP contribution in [0, 0.1) is 20.8 Å². The summed E-state index contributed by atoms with van der Waals surface area (Å²) in [6.07, 6.45) is 1.13. The van der Waals surface area contributed by atoms with Crippen LogP contribution in [0.5, 0.6) is 0 Å². The fourth-order valence-corrected chi connectivity index (χ4v) is 4.03. The molecule has 0 aliphatic heterocycles. The monoisotopic (exact) mass is 374 g/mol. The lowest BCUT2D eigenvalue weighted by Gasteiger charge is -2.29. The number of sulfonamides is 1. The zero-order valence-corrected chi connectivity index (χ0v) is 16.8. The molecule has 26 heavy (non-hydrogen) atoms. The molecule has 2 aromatic carbocycles. The number of hydrogen-bond donors (Lipinski definition) is 0. The minimum atomic E-state index is -3.60. The molecule has 0 saturated carbocycles. The van der Waals surface area contributed by atoms with Crippen molar-refractivity contribution >= 4 is 27.3 Å². The van der Waals surface area contributed by atoms with Crippen LogP contribution in [-0.4, -0.2) is 33.7 Å². The van der Waals surface area contributed by atoms with Crippen LogP contribution in [0.4, 0.5) is 11.4 Å². The molecule has 0 unspecified atom stereocenters. The first-order valence-corrected chi connectivity index (χ1v) is 10.4. The highest BCUT2D eigenvalue weighted by Gasteiger charge is 2.26. The summed E-state index contributed by atoms with van der Waals surface area (Å²) in [6, 6.07) is 13.2. The quantitative estimate of drug-likeness (QED) is 0.778. The first-order valence-electron chi connectivity index (χ1n) is 8.56. The van der Waals surface area contributed by atoms with Gasteiger partial charge in [-0.05, 0) is 56.5 Å². The molecule has 1 amide bonds. The van der Waals surface area contributed by atoms with Gasteiger partial charge in [-0.2, -0.15) is 0 Å². The predicted octanol–water partition coefficient (Wildman–Crippen LogP) is 3.43. The van der Waals surface area contributed by atoms with Crippen molar-refractivity contribution < 1.29 is 13.2 Å². The van der Waals surface area contributed by atoms with Gasteiger partial charge in [0.2, 0.25) is 15.9 Å². The molecule has 0 spiro atoms. The molecule has 0 N–H and O–H groups in total. The Bertz CT molecular complexity index is 887. The van der Waals surface area contributed by atoms with Crippen LogP contribution in [0.2, 0.25) is 0 Å². The highest BCUT2D eigenvalue weighted by Crippen LogP contribution is 2.27. The second kappa shape index (κ2) is 7.91. The highest BCUT2D eigenvalue weighted by atomic mass is 32.2. The molecule has 0 saturated heterocycles. The van der Waals surface area contributed by atoms with Crippen LogP contribution in [0.1, 0.15) is 23.6 Å². The minimum Gasteiger partial charge on any atom is -0.311 e. The number of para-hydroxylation sites is 1. The average molecular weight is 375 g/mol. The van der Waals surface area contributed by atoms with Gasteiger partial charge in [-0.15, -0.1) is 0 Å². The largest absolute Gasteiger partial charge is 0.311 e. The SMILES string of the molecule is CCN(C(=O)CN(c1c(C)cccc1C)S(C)(=O)=O)c1cccc(C)c1. The summed E-state index contributed by atoms with van der Waals surface area (Å²) in [5.41, 5.74) is 4.03. The Labute approximate surface area is 156 Å². The zero-order valence-electron chi connectivity index (χ0n) is 16.0. The van der Waals surface area contributed by atoms with Crippen molar-refractivity contribution in [1.82, 2.24) is 0 Å². The summed E-state index contributed by atoms with van der Waals surface area (Å²) in [5, 5.41) is 0. The van der Waals surface area contributed by atoms with E-state index >= 15 is 0 Å². The zero-order chi connectivity index (χ0) is 19.5. The highest BCUT2D eigenvalue weighted by molar-refractivity contribution is 7.92. The molecule has 6 heteroatoms. The molecule has 0 aromatic heterocycles. The lowest BCUT2D eigenvalue weighted by atomic mass is 10.1. The van der Waals surface area contributed by atoms with Gasteiger partial charge in [-0.25, -0.2) is 8.42 Å².